The van der Waals surface area contributed by atoms with Gasteiger partial charge in [0.25, 0.3) is 10.0 Å². The fraction of sp³-hybridized carbons (Fsp3) is 0.375. The maximum Gasteiger partial charge on any atom is 0.264 e. The van der Waals surface area contributed by atoms with Gasteiger partial charge in [-0.3, -0.25) is 13.9 Å². The van der Waals surface area contributed by atoms with Crippen molar-refractivity contribution in [2.75, 3.05) is 10.8 Å². The van der Waals surface area contributed by atoms with Crippen LogP contribution >= 0.6 is 23.2 Å². The number of carbonyl (C=O) groups excluding carboxylic acids is 2. The molecule has 42 heavy (non-hydrogen) atoms. The molecular formula is C32H39Cl2N3O4S. The van der Waals surface area contributed by atoms with Crippen molar-refractivity contribution < 1.29 is 18.0 Å². The molecule has 3 aromatic carbocycles. The van der Waals surface area contributed by atoms with Gasteiger partial charge in [-0.15, -0.1) is 0 Å². The summed E-state index contributed by atoms with van der Waals surface area (Å²) < 4.78 is 29.2. The van der Waals surface area contributed by atoms with Crippen LogP contribution in [0, 0.1) is 20.8 Å². The molecule has 1 N–H and O–H groups in total. The number of rotatable bonds is 12. The van der Waals surface area contributed by atoms with Gasteiger partial charge in [-0.05, 0) is 88.1 Å². The van der Waals surface area contributed by atoms with E-state index in [4.69, 9.17) is 23.2 Å². The highest BCUT2D eigenvalue weighted by Crippen LogP contribution is 2.29. The van der Waals surface area contributed by atoms with Crippen molar-refractivity contribution in [1.82, 2.24) is 10.2 Å². The van der Waals surface area contributed by atoms with E-state index in [-0.39, 0.29) is 23.4 Å². The van der Waals surface area contributed by atoms with Gasteiger partial charge in [0.15, 0.2) is 0 Å². The number of hydrogen-bond donors (Lipinski definition) is 1. The number of hydrogen-bond acceptors (Lipinski definition) is 4. The zero-order valence-electron chi connectivity index (χ0n) is 24.9. The van der Waals surface area contributed by atoms with E-state index < -0.39 is 28.5 Å². The Balaban J connectivity index is 2.12. The van der Waals surface area contributed by atoms with E-state index in [1.54, 1.807) is 49.4 Å². The summed E-state index contributed by atoms with van der Waals surface area (Å²) in [4.78, 5) is 29.1. The Kier molecular flexibility index (Phi) is 11.5. The lowest BCUT2D eigenvalue weighted by molar-refractivity contribution is -0.140. The number of halogens is 2. The first kappa shape index (κ1) is 33.4. The van der Waals surface area contributed by atoms with Crippen molar-refractivity contribution in [1.29, 1.82) is 0 Å². The van der Waals surface area contributed by atoms with E-state index in [2.05, 4.69) is 5.32 Å². The molecule has 0 heterocycles. The second kappa shape index (κ2) is 14.4. The van der Waals surface area contributed by atoms with Crippen LogP contribution in [0.1, 0.15) is 55.9 Å². The Labute approximate surface area is 259 Å². The summed E-state index contributed by atoms with van der Waals surface area (Å²) >= 11 is 13.0. The van der Waals surface area contributed by atoms with E-state index in [1.165, 1.54) is 17.0 Å². The Morgan fingerprint density at radius 2 is 1.50 bits per heavy atom. The molecule has 2 amide bonds. The monoisotopic (exact) mass is 631 g/mol. The normalized spacial score (nSPS) is 12.9. The van der Waals surface area contributed by atoms with E-state index in [9.17, 15) is 18.0 Å². The molecule has 0 aliphatic heterocycles. The van der Waals surface area contributed by atoms with Crippen LogP contribution in [0.3, 0.4) is 0 Å². The maximum atomic E-state index is 14.3. The maximum absolute atomic E-state index is 14.3. The van der Waals surface area contributed by atoms with Crippen molar-refractivity contribution in [2.45, 2.75) is 77.9 Å². The lowest BCUT2D eigenvalue weighted by Gasteiger charge is -2.34. The predicted octanol–water partition coefficient (Wildman–Crippen LogP) is 6.84. The van der Waals surface area contributed by atoms with Gasteiger partial charge >= 0.3 is 0 Å². The van der Waals surface area contributed by atoms with E-state index in [0.29, 0.717) is 34.1 Å². The van der Waals surface area contributed by atoms with Gasteiger partial charge in [-0.2, -0.15) is 0 Å². The van der Waals surface area contributed by atoms with Crippen LogP contribution in [0.2, 0.25) is 10.0 Å². The second-order valence-electron chi connectivity index (χ2n) is 10.6. The predicted molar refractivity (Wildman–Crippen MR) is 171 cm³/mol. The molecule has 0 saturated carbocycles. The number of carbonyl (C=O) groups is 2. The van der Waals surface area contributed by atoms with Crippen LogP contribution < -0.4 is 9.62 Å². The number of anilines is 1. The first-order chi connectivity index (χ1) is 19.8. The highest BCUT2D eigenvalue weighted by atomic mass is 35.5. The summed E-state index contributed by atoms with van der Waals surface area (Å²) in [6, 6.07) is 15.8. The van der Waals surface area contributed by atoms with Gasteiger partial charge in [-0.25, -0.2) is 8.42 Å². The van der Waals surface area contributed by atoms with Crippen molar-refractivity contribution in [2.24, 2.45) is 0 Å². The lowest BCUT2D eigenvalue weighted by atomic mass is 10.1. The third-order valence-electron chi connectivity index (χ3n) is 7.44. The molecule has 0 aliphatic carbocycles. The lowest BCUT2D eigenvalue weighted by Crippen LogP contribution is -2.53. The molecule has 0 saturated heterocycles. The SMILES string of the molecule is CC[C@@H](C)NC(=O)[C@H](CC)N(Cc1c(Cl)cccc1Cl)C(=O)CN(c1ccc(C)c(C)c1)S(=O)(=O)c1ccc(C)cc1. The van der Waals surface area contributed by atoms with Crippen LogP contribution in [0.5, 0.6) is 0 Å². The molecular weight excluding hydrogens is 593 g/mol. The van der Waals surface area contributed by atoms with Gasteiger partial charge in [0, 0.05) is 28.2 Å². The van der Waals surface area contributed by atoms with Crippen LogP contribution in [-0.2, 0) is 26.2 Å². The summed E-state index contributed by atoms with van der Waals surface area (Å²) in [7, 11) is -4.16. The minimum Gasteiger partial charge on any atom is -0.352 e. The van der Waals surface area contributed by atoms with Gasteiger partial charge < -0.3 is 10.2 Å². The molecule has 226 valence electrons. The van der Waals surface area contributed by atoms with Crippen LogP contribution in [0.15, 0.2) is 65.6 Å². The van der Waals surface area contributed by atoms with Crippen molar-refractivity contribution in [3.05, 3.63) is 93.0 Å². The summed E-state index contributed by atoms with van der Waals surface area (Å²) in [5.41, 5.74) is 3.59. The molecule has 0 spiro atoms. The van der Waals surface area contributed by atoms with Crippen LogP contribution in [0.4, 0.5) is 5.69 Å². The highest BCUT2D eigenvalue weighted by molar-refractivity contribution is 7.92. The third kappa shape index (κ3) is 7.85. The Morgan fingerprint density at radius 1 is 0.881 bits per heavy atom. The molecule has 7 nitrogen and oxygen atoms in total. The van der Waals surface area contributed by atoms with E-state index in [0.717, 1.165) is 21.0 Å². The fourth-order valence-electron chi connectivity index (χ4n) is 4.46. The number of nitrogens with zero attached hydrogens (tertiary/aromatic N) is 2. The summed E-state index contributed by atoms with van der Waals surface area (Å²) in [5.74, 6) is -0.895. The highest BCUT2D eigenvalue weighted by Gasteiger charge is 2.34. The second-order valence-corrected chi connectivity index (χ2v) is 13.2. The minimum absolute atomic E-state index is 0.0568. The molecule has 3 rings (SSSR count). The van der Waals surface area contributed by atoms with Gasteiger partial charge in [-0.1, -0.05) is 66.9 Å². The molecule has 10 heteroatoms. The average Bonchev–Trinajstić information content (AvgIpc) is 2.94. The van der Waals surface area contributed by atoms with Crippen molar-refractivity contribution in [3.8, 4) is 0 Å². The standard InChI is InChI=1S/C32H39Cl2N3O4S/c1-7-24(6)35-32(39)30(8-2)36(19-27-28(33)10-9-11-29(27)34)31(38)20-37(25-15-14-22(4)23(5)18-25)42(40,41)26-16-12-21(3)13-17-26/h9-18,24,30H,7-8,19-20H2,1-6H3,(H,35,39)/t24-,30+/m1/s1. The molecule has 0 aliphatic rings. The molecule has 0 fully saturated rings. The van der Waals surface area contributed by atoms with Gasteiger partial charge in [0.1, 0.15) is 12.6 Å². The number of nitrogens with one attached hydrogen (secondary N) is 1. The number of aryl methyl sites for hydroxylation is 3. The molecule has 0 unspecified atom stereocenters. The third-order valence-corrected chi connectivity index (χ3v) is 9.94. The first-order valence-electron chi connectivity index (χ1n) is 14.0. The molecule has 3 aromatic rings. The Bertz CT molecular complexity index is 1510. The zero-order chi connectivity index (χ0) is 31.2. The quantitative estimate of drug-likeness (QED) is 0.237. The zero-order valence-corrected chi connectivity index (χ0v) is 27.3. The minimum atomic E-state index is -4.16. The van der Waals surface area contributed by atoms with E-state index in [1.807, 2.05) is 40.7 Å². The molecule has 0 aromatic heterocycles. The van der Waals surface area contributed by atoms with Crippen molar-refractivity contribution in [3.63, 3.8) is 0 Å². The first-order valence-corrected chi connectivity index (χ1v) is 16.2. The Morgan fingerprint density at radius 3 is 2.05 bits per heavy atom. The van der Waals surface area contributed by atoms with Gasteiger partial charge in [0.2, 0.25) is 11.8 Å². The Hall–Kier alpha value is -3.07. The summed E-state index contributed by atoms with van der Waals surface area (Å²) in [6.07, 6.45) is 1.01. The molecule has 0 radical (unpaired) electrons. The summed E-state index contributed by atoms with van der Waals surface area (Å²) in [6.45, 7) is 10.7. The van der Waals surface area contributed by atoms with Crippen LogP contribution in [-0.4, -0.2) is 43.8 Å². The van der Waals surface area contributed by atoms with Gasteiger partial charge in [0.05, 0.1) is 10.6 Å². The fourth-order valence-corrected chi connectivity index (χ4v) is 6.38. The van der Waals surface area contributed by atoms with Crippen molar-refractivity contribution >= 4 is 50.7 Å². The molecule has 0 bridgehead atoms. The topological polar surface area (TPSA) is 86.8 Å². The van der Waals surface area contributed by atoms with E-state index >= 15 is 0 Å². The average molecular weight is 633 g/mol. The number of amides is 2. The van der Waals surface area contributed by atoms with Crippen LogP contribution in [0.25, 0.3) is 0 Å². The molecule has 2 atom stereocenters. The smallest absolute Gasteiger partial charge is 0.264 e. The largest absolute Gasteiger partial charge is 0.352 e. The summed E-state index contributed by atoms with van der Waals surface area (Å²) in [5, 5.41) is 3.65. The number of benzene rings is 3. The number of sulfonamides is 1.